The number of rotatable bonds is 7. The summed E-state index contributed by atoms with van der Waals surface area (Å²) in [5.41, 5.74) is 1.40. The van der Waals surface area contributed by atoms with Crippen LogP contribution in [-0.2, 0) is 4.79 Å². The Bertz CT molecular complexity index is 326. The van der Waals surface area contributed by atoms with Crippen LogP contribution in [0.3, 0.4) is 0 Å². The highest BCUT2D eigenvalue weighted by Crippen LogP contribution is 2.19. The molecule has 0 spiro atoms. The third kappa shape index (κ3) is 5.21. The minimum absolute atomic E-state index is 0.234. The molecule has 18 heavy (non-hydrogen) atoms. The number of carboxylic acid groups (broad SMARTS) is 1. The van der Waals surface area contributed by atoms with Gasteiger partial charge < -0.3 is 15.3 Å². The molecule has 2 amide bonds. The van der Waals surface area contributed by atoms with Crippen molar-refractivity contribution in [3.8, 4) is 0 Å². The summed E-state index contributed by atoms with van der Waals surface area (Å²) in [4.78, 5) is 23.8. The van der Waals surface area contributed by atoms with Crippen LogP contribution >= 0.6 is 0 Å². The van der Waals surface area contributed by atoms with Gasteiger partial charge in [-0.15, -0.1) is 0 Å². The molecule has 0 aromatic rings. The molecular formula is C13H22N2O3. The third-order valence-corrected chi connectivity index (χ3v) is 2.96. The fourth-order valence-corrected chi connectivity index (χ4v) is 2.09. The smallest absolute Gasteiger partial charge is 0.323 e. The van der Waals surface area contributed by atoms with Gasteiger partial charge in [0.1, 0.15) is 6.54 Å². The summed E-state index contributed by atoms with van der Waals surface area (Å²) in [5.74, 6) is -0.975. The van der Waals surface area contributed by atoms with E-state index in [1.807, 2.05) is 6.92 Å². The Morgan fingerprint density at radius 1 is 1.50 bits per heavy atom. The molecule has 1 aliphatic carbocycles. The molecule has 102 valence electrons. The van der Waals surface area contributed by atoms with Crippen molar-refractivity contribution in [1.82, 2.24) is 10.2 Å². The van der Waals surface area contributed by atoms with E-state index in [1.165, 1.54) is 16.9 Å². The zero-order valence-electron chi connectivity index (χ0n) is 10.9. The van der Waals surface area contributed by atoms with Crippen molar-refractivity contribution in [3.63, 3.8) is 0 Å². The first-order valence-electron chi connectivity index (χ1n) is 6.56. The number of aliphatic carboxylic acids is 1. The molecule has 0 aliphatic heterocycles. The zero-order valence-corrected chi connectivity index (χ0v) is 10.9. The number of hydrogen-bond acceptors (Lipinski definition) is 2. The van der Waals surface area contributed by atoms with Crippen LogP contribution in [-0.4, -0.2) is 41.6 Å². The lowest BCUT2D eigenvalue weighted by Gasteiger charge is -2.20. The highest BCUT2D eigenvalue weighted by atomic mass is 16.4. The monoisotopic (exact) mass is 254 g/mol. The summed E-state index contributed by atoms with van der Waals surface area (Å²) in [6.45, 7) is 2.75. The molecule has 0 saturated heterocycles. The van der Waals surface area contributed by atoms with Crippen molar-refractivity contribution in [2.45, 2.75) is 39.0 Å². The fourth-order valence-electron chi connectivity index (χ4n) is 2.09. The van der Waals surface area contributed by atoms with Gasteiger partial charge in [-0.3, -0.25) is 4.79 Å². The first kappa shape index (κ1) is 14.5. The lowest BCUT2D eigenvalue weighted by Crippen LogP contribution is -2.43. The molecule has 0 unspecified atom stereocenters. The quantitative estimate of drug-likeness (QED) is 0.683. The van der Waals surface area contributed by atoms with Crippen LogP contribution < -0.4 is 5.32 Å². The van der Waals surface area contributed by atoms with E-state index in [9.17, 15) is 9.59 Å². The maximum atomic E-state index is 11.8. The van der Waals surface area contributed by atoms with Gasteiger partial charge in [0.05, 0.1) is 0 Å². The molecule has 0 aromatic carbocycles. The summed E-state index contributed by atoms with van der Waals surface area (Å²) < 4.78 is 0. The van der Waals surface area contributed by atoms with E-state index in [4.69, 9.17) is 5.11 Å². The minimum atomic E-state index is -0.975. The second-order valence-corrected chi connectivity index (χ2v) is 4.55. The number of carboxylic acids is 1. The third-order valence-electron chi connectivity index (χ3n) is 2.96. The molecule has 5 heteroatoms. The average molecular weight is 254 g/mol. The predicted molar refractivity (Wildman–Crippen MR) is 69.4 cm³/mol. The van der Waals surface area contributed by atoms with Crippen LogP contribution in [0.5, 0.6) is 0 Å². The molecule has 2 N–H and O–H groups in total. The average Bonchev–Trinajstić information content (AvgIpc) is 2.81. The number of nitrogens with one attached hydrogen (secondary N) is 1. The zero-order chi connectivity index (χ0) is 13.4. The molecule has 1 aliphatic rings. The Kier molecular flexibility index (Phi) is 6.25. The highest BCUT2D eigenvalue weighted by molar-refractivity contribution is 5.80. The number of carbonyl (C=O) groups is 2. The Balaban J connectivity index is 2.29. The van der Waals surface area contributed by atoms with E-state index < -0.39 is 5.97 Å². The maximum absolute atomic E-state index is 11.8. The summed E-state index contributed by atoms with van der Waals surface area (Å²) in [7, 11) is 0. The number of urea groups is 1. The Morgan fingerprint density at radius 3 is 2.83 bits per heavy atom. The summed E-state index contributed by atoms with van der Waals surface area (Å²) in [6.07, 6.45) is 7.34. The molecule has 0 bridgehead atoms. The van der Waals surface area contributed by atoms with Crippen LogP contribution in [0.4, 0.5) is 4.79 Å². The lowest BCUT2D eigenvalue weighted by molar-refractivity contribution is -0.137. The van der Waals surface area contributed by atoms with E-state index in [-0.39, 0.29) is 12.6 Å². The van der Waals surface area contributed by atoms with Crippen LogP contribution in [0.25, 0.3) is 0 Å². The first-order valence-corrected chi connectivity index (χ1v) is 6.56. The molecule has 0 radical (unpaired) electrons. The second-order valence-electron chi connectivity index (χ2n) is 4.55. The van der Waals surface area contributed by atoms with E-state index >= 15 is 0 Å². The summed E-state index contributed by atoms with van der Waals surface area (Å²) in [5, 5.41) is 11.5. The molecule has 0 aromatic heterocycles. The van der Waals surface area contributed by atoms with Crippen LogP contribution in [0, 0.1) is 0 Å². The molecule has 5 nitrogen and oxygen atoms in total. The minimum Gasteiger partial charge on any atom is -0.480 e. The van der Waals surface area contributed by atoms with Gasteiger partial charge in [0.25, 0.3) is 0 Å². The fraction of sp³-hybridized carbons (Fsp3) is 0.692. The van der Waals surface area contributed by atoms with Gasteiger partial charge in [0.2, 0.25) is 0 Å². The van der Waals surface area contributed by atoms with Gasteiger partial charge in [0, 0.05) is 13.1 Å². The molecular weight excluding hydrogens is 232 g/mol. The van der Waals surface area contributed by atoms with Crippen LogP contribution in [0.1, 0.15) is 39.0 Å². The van der Waals surface area contributed by atoms with E-state index in [1.54, 1.807) is 0 Å². The van der Waals surface area contributed by atoms with Crippen molar-refractivity contribution in [2.24, 2.45) is 0 Å². The summed E-state index contributed by atoms with van der Waals surface area (Å²) in [6, 6.07) is -0.280. The highest BCUT2D eigenvalue weighted by Gasteiger charge is 2.15. The normalized spacial score (nSPS) is 14.2. The predicted octanol–water partition coefficient (Wildman–Crippen LogP) is 1.99. The van der Waals surface area contributed by atoms with Gasteiger partial charge in [-0.05, 0) is 32.1 Å². The van der Waals surface area contributed by atoms with Crippen molar-refractivity contribution < 1.29 is 14.7 Å². The van der Waals surface area contributed by atoms with Gasteiger partial charge in [-0.1, -0.05) is 18.6 Å². The topological polar surface area (TPSA) is 69.6 Å². The van der Waals surface area contributed by atoms with Crippen LogP contribution in [0.15, 0.2) is 11.6 Å². The Morgan fingerprint density at radius 2 is 2.28 bits per heavy atom. The Labute approximate surface area is 108 Å². The number of amides is 2. The standard InChI is InChI=1S/C13H22N2O3/c1-2-9-15(10-12(16)17)13(18)14-8-7-11-5-3-4-6-11/h5H,2-4,6-10H2,1H3,(H,14,18)(H,16,17). The van der Waals surface area contributed by atoms with Gasteiger partial charge in [-0.25, -0.2) is 4.79 Å². The molecule has 0 heterocycles. The molecule has 0 atom stereocenters. The van der Waals surface area contributed by atoms with Gasteiger partial charge in [-0.2, -0.15) is 0 Å². The van der Waals surface area contributed by atoms with Crippen molar-refractivity contribution in [2.75, 3.05) is 19.6 Å². The van der Waals surface area contributed by atoms with Crippen LogP contribution in [0.2, 0.25) is 0 Å². The molecule has 0 fully saturated rings. The van der Waals surface area contributed by atoms with Crippen molar-refractivity contribution >= 4 is 12.0 Å². The Hall–Kier alpha value is -1.52. The van der Waals surface area contributed by atoms with E-state index in [0.717, 1.165) is 25.7 Å². The molecule has 1 rings (SSSR count). The molecule has 0 saturated carbocycles. The van der Waals surface area contributed by atoms with E-state index in [2.05, 4.69) is 11.4 Å². The summed E-state index contributed by atoms with van der Waals surface area (Å²) >= 11 is 0. The first-order chi connectivity index (χ1) is 8.63. The van der Waals surface area contributed by atoms with Crippen molar-refractivity contribution in [1.29, 1.82) is 0 Å². The van der Waals surface area contributed by atoms with Gasteiger partial charge in [0.15, 0.2) is 0 Å². The largest absolute Gasteiger partial charge is 0.480 e. The number of hydrogen-bond donors (Lipinski definition) is 2. The number of allylic oxidation sites excluding steroid dienone is 1. The number of nitrogens with zero attached hydrogens (tertiary/aromatic N) is 1. The van der Waals surface area contributed by atoms with Crippen molar-refractivity contribution in [3.05, 3.63) is 11.6 Å². The second kappa shape index (κ2) is 7.74. The maximum Gasteiger partial charge on any atom is 0.323 e. The lowest BCUT2D eigenvalue weighted by atomic mass is 10.2. The number of carbonyl (C=O) groups excluding carboxylic acids is 1. The van der Waals surface area contributed by atoms with E-state index in [0.29, 0.717) is 13.1 Å². The SMILES string of the molecule is CCCN(CC(=O)O)C(=O)NCCC1=CCCC1. The van der Waals surface area contributed by atoms with Gasteiger partial charge >= 0.3 is 12.0 Å².